The monoisotopic (exact) mass is 686 g/mol. The molecule has 2 aliphatic rings. The zero-order chi connectivity index (χ0) is 32.9. The van der Waals surface area contributed by atoms with Crippen molar-refractivity contribution in [2.75, 3.05) is 11.5 Å². The van der Waals surface area contributed by atoms with Gasteiger partial charge in [-0.2, -0.15) is 0 Å². The Balaban J connectivity index is 1.47. The molecule has 2 amide bonds. The van der Waals surface area contributed by atoms with Crippen molar-refractivity contribution in [1.82, 2.24) is 15.6 Å². The molecule has 4 bridgehead atoms. The number of aliphatic imine (C=N–C) groups is 1. The van der Waals surface area contributed by atoms with Crippen LogP contribution in [0.5, 0.6) is 5.75 Å². The van der Waals surface area contributed by atoms with Gasteiger partial charge in [0.25, 0.3) is 0 Å². The third-order valence-electron chi connectivity index (χ3n) is 7.54. The number of carbonyl (C=O) groups excluding carboxylic acids is 4. The number of hydrogen-bond acceptors (Lipinski definition) is 11. The molecule has 2 aliphatic heterocycles. The number of esters is 1. The van der Waals surface area contributed by atoms with Crippen LogP contribution in [0.2, 0.25) is 0 Å². The number of nitrogens with zero attached hydrogens (tertiary/aromatic N) is 2. The molecular formula is C33H42N4O6S3. The first-order valence-electron chi connectivity index (χ1n) is 15.7. The number of ether oxygens (including phenoxy) is 1. The first-order chi connectivity index (χ1) is 22.1. The van der Waals surface area contributed by atoms with Gasteiger partial charge in [0.1, 0.15) is 39.2 Å². The molecule has 46 heavy (non-hydrogen) atoms. The van der Waals surface area contributed by atoms with Gasteiger partial charge in [-0.3, -0.25) is 19.4 Å². The average Bonchev–Trinajstić information content (AvgIpc) is 3.67. The molecule has 0 radical (unpaired) electrons. The van der Waals surface area contributed by atoms with Gasteiger partial charge < -0.3 is 20.5 Å². The number of nitrogens with one attached hydrogen (secondary N) is 2. The SMILES string of the molecule is CCCCCCCC(=O)SCC/C=C/[C@@H]1CC(=O)NCc2nc(cs2)C2=N[C@@](C)(CS2)C(=O)N[C@@H](Cc2ccc(O)cc2)C(=O)O1. The number of carbonyl (C=O) groups is 4. The van der Waals surface area contributed by atoms with Crippen LogP contribution in [0.1, 0.15) is 81.5 Å². The van der Waals surface area contributed by atoms with E-state index in [1.165, 1.54) is 59.8 Å². The molecule has 3 atom stereocenters. The van der Waals surface area contributed by atoms with Gasteiger partial charge in [-0.15, -0.1) is 23.1 Å². The summed E-state index contributed by atoms with van der Waals surface area (Å²) in [5.41, 5.74) is 0.236. The van der Waals surface area contributed by atoms with E-state index < -0.39 is 29.6 Å². The minimum Gasteiger partial charge on any atom is -0.508 e. The summed E-state index contributed by atoms with van der Waals surface area (Å²) < 4.78 is 5.85. The van der Waals surface area contributed by atoms with Crippen molar-refractivity contribution in [3.05, 3.63) is 58.1 Å². The highest BCUT2D eigenvalue weighted by Gasteiger charge is 2.41. The molecule has 0 unspecified atom stereocenters. The Kier molecular flexibility index (Phi) is 13.7. The number of hydrogen-bond donors (Lipinski definition) is 3. The van der Waals surface area contributed by atoms with E-state index in [0.29, 0.717) is 45.7 Å². The van der Waals surface area contributed by atoms with Crippen molar-refractivity contribution in [2.24, 2.45) is 4.99 Å². The van der Waals surface area contributed by atoms with Gasteiger partial charge in [0.2, 0.25) is 11.8 Å². The van der Waals surface area contributed by atoms with E-state index in [2.05, 4.69) is 27.5 Å². The zero-order valence-electron chi connectivity index (χ0n) is 26.3. The quantitative estimate of drug-likeness (QED) is 0.153. The number of aromatic nitrogens is 1. The molecular weight excluding hydrogens is 645 g/mol. The van der Waals surface area contributed by atoms with Crippen LogP contribution in [0.25, 0.3) is 0 Å². The maximum atomic E-state index is 13.6. The highest BCUT2D eigenvalue weighted by atomic mass is 32.2. The number of amides is 2. The van der Waals surface area contributed by atoms with Gasteiger partial charge in [-0.05, 0) is 43.5 Å². The fraction of sp³-hybridized carbons (Fsp3) is 0.515. The Hall–Kier alpha value is -3.16. The van der Waals surface area contributed by atoms with Crippen LogP contribution in [0, 0.1) is 0 Å². The normalized spacial score (nSPS) is 22.3. The number of fused-ring (bicyclic) bond motifs is 4. The van der Waals surface area contributed by atoms with E-state index in [-0.39, 0.29) is 36.2 Å². The molecule has 3 heterocycles. The molecule has 2 aromatic rings. The molecule has 4 rings (SSSR count). The number of cyclic esters (lactones) is 1. The maximum Gasteiger partial charge on any atom is 0.329 e. The lowest BCUT2D eigenvalue weighted by Crippen LogP contribution is -2.52. The summed E-state index contributed by atoms with van der Waals surface area (Å²) in [4.78, 5) is 61.7. The average molecular weight is 687 g/mol. The van der Waals surface area contributed by atoms with Gasteiger partial charge in [0, 0.05) is 29.7 Å². The fourth-order valence-electron chi connectivity index (χ4n) is 4.85. The Morgan fingerprint density at radius 2 is 1.96 bits per heavy atom. The van der Waals surface area contributed by atoms with Gasteiger partial charge in [-0.25, -0.2) is 9.78 Å². The number of unbranched alkanes of at least 4 members (excludes halogenated alkanes) is 4. The summed E-state index contributed by atoms with van der Waals surface area (Å²) in [5.74, 6) is -0.386. The first-order valence-corrected chi connectivity index (χ1v) is 18.6. The second-order valence-electron chi connectivity index (χ2n) is 11.6. The van der Waals surface area contributed by atoms with Crippen LogP contribution in [0.3, 0.4) is 0 Å². The predicted octanol–water partition coefficient (Wildman–Crippen LogP) is 5.33. The van der Waals surface area contributed by atoms with Crippen LogP contribution in [-0.2, 0) is 36.9 Å². The molecule has 10 nitrogen and oxygen atoms in total. The number of phenolic OH excluding ortho intramolecular Hbond substituents is 1. The summed E-state index contributed by atoms with van der Waals surface area (Å²) in [7, 11) is 0. The highest BCUT2D eigenvalue weighted by Crippen LogP contribution is 2.32. The summed E-state index contributed by atoms with van der Waals surface area (Å²) in [6.07, 6.45) is 9.21. The third-order valence-corrected chi connectivity index (χ3v) is 10.6. The van der Waals surface area contributed by atoms with Crippen LogP contribution < -0.4 is 10.6 Å². The van der Waals surface area contributed by atoms with Crippen molar-refractivity contribution in [1.29, 1.82) is 0 Å². The number of phenols is 1. The fourth-order valence-corrected chi connectivity index (χ4v) is 7.55. The lowest BCUT2D eigenvalue weighted by atomic mass is 10.0. The van der Waals surface area contributed by atoms with Gasteiger partial charge in [-0.1, -0.05) is 62.6 Å². The lowest BCUT2D eigenvalue weighted by molar-refractivity contribution is -0.152. The maximum absolute atomic E-state index is 13.6. The standard InChI is InChI=1S/C33H42N4O6S3/c1-3-4-5-6-7-11-29(40)44-16-9-8-10-24-18-27(39)34-19-28-35-26(20-45-28)30-37-33(2,21-46-30)32(42)36-25(31(41)43-24)17-22-12-14-23(38)15-13-22/h8,10,12-15,20,24-25,38H,3-7,9,11,16-19,21H2,1-2H3,(H,34,39)(H,36,42)/b10-8+/t24-,25+,33+/m1/s1. The topological polar surface area (TPSA) is 147 Å². The molecule has 0 spiro atoms. The zero-order valence-corrected chi connectivity index (χ0v) is 28.7. The number of allylic oxidation sites excluding steroid dienone is 1. The van der Waals surface area contributed by atoms with Gasteiger partial charge in [0.15, 0.2) is 5.12 Å². The molecule has 3 N–H and O–H groups in total. The van der Waals surface area contributed by atoms with Crippen molar-refractivity contribution in [3.8, 4) is 5.75 Å². The molecule has 248 valence electrons. The summed E-state index contributed by atoms with van der Waals surface area (Å²) >= 11 is 4.11. The number of thioether (sulfide) groups is 2. The summed E-state index contributed by atoms with van der Waals surface area (Å²) in [6.45, 7) is 4.10. The Morgan fingerprint density at radius 1 is 1.17 bits per heavy atom. The van der Waals surface area contributed by atoms with E-state index in [1.54, 1.807) is 25.1 Å². The Bertz CT molecular complexity index is 1430. The first kappa shape index (κ1) is 35.7. The van der Waals surface area contributed by atoms with E-state index in [9.17, 15) is 24.3 Å². The minimum absolute atomic E-state index is 0.0824. The van der Waals surface area contributed by atoms with Crippen LogP contribution in [0.15, 0.2) is 46.8 Å². The van der Waals surface area contributed by atoms with Crippen molar-refractivity contribution in [2.45, 2.75) is 95.9 Å². The molecule has 0 saturated heterocycles. The number of thiazole rings is 1. The molecule has 0 fully saturated rings. The molecule has 13 heteroatoms. The third kappa shape index (κ3) is 11.0. The van der Waals surface area contributed by atoms with E-state index in [4.69, 9.17) is 4.74 Å². The van der Waals surface area contributed by atoms with E-state index in [0.717, 1.165) is 19.3 Å². The van der Waals surface area contributed by atoms with Crippen molar-refractivity contribution >= 4 is 62.8 Å². The second kappa shape index (κ2) is 17.7. The Morgan fingerprint density at radius 3 is 2.74 bits per heavy atom. The summed E-state index contributed by atoms with van der Waals surface area (Å²) in [6, 6.07) is 5.30. The number of benzene rings is 1. The Labute approximate surface area is 282 Å². The van der Waals surface area contributed by atoms with E-state index >= 15 is 0 Å². The van der Waals surface area contributed by atoms with Crippen molar-refractivity contribution in [3.63, 3.8) is 0 Å². The molecule has 1 aromatic heterocycles. The number of rotatable bonds is 12. The van der Waals surface area contributed by atoms with Crippen molar-refractivity contribution < 1.29 is 29.0 Å². The van der Waals surface area contributed by atoms with Gasteiger partial charge in [0.05, 0.1) is 13.0 Å². The smallest absolute Gasteiger partial charge is 0.329 e. The van der Waals surface area contributed by atoms with Crippen LogP contribution >= 0.6 is 34.9 Å². The summed E-state index contributed by atoms with van der Waals surface area (Å²) in [5, 5.41) is 18.8. The molecule has 0 aliphatic carbocycles. The van der Waals surface area contributed by atoms with Crippen LogP contribution in [0.4, 0.5) is 0 Å². The van der Waals surface area contributed by atoms with Crippen LogP contribution in [-0.4, -0.2) is 67.2 Å². The van der Waals surface area contributed by atoms with E-state index in [1.807, 2.05) is 11.5 Å². The van der Waals surface area contributed by atoms with Gasteiger partial charge >= 0.3 is 5.97 Å². The number of aromatic hydroxyl groups is 1. The largest absolute Gasteiger partial charge is 0.508 e. The lowest BCUT2D eigenvalue weighted by Gasteiger charge is -2.25. The highest BCUT2D eigenvalue weighted by molar-refractivity contribution is 8.14. The predicted molar refractivity (Wildman–Crippen MR) is 184 cm³/mol. The minimum atomic E-state index is -1.12. The molecule has 0 saturated carbocycles. The second-order valence-corrected chi connectivity index (χ2v) is 14.6. The molecule has 1 aromatic carbocycles.